The molecule has 1 fully saturated rings. The fourth-order valence-corrected chi connectivity index (χ4v) is 4.59. The van der Waals surface area contributed by atoms with Crippen LogP contribution in [0.15, 0.2) is 34.2 Å². The molecule has 0 bridgehead atoms. The third-order valence-corrected chi connectivity index (χ3v) is 6.10. The number of amides is 3. The molecule has 1 aliphatic carbocycles. The Balaban J connectivity index is 1.69. The van der Waals surface area contributed by atoms with E-state index < -0.39 is 11.9 Å². The molecule has 1 aliphatic rings. The van der Waals surface area contributed by atoms with Crippen molar-refractivity contribution in [3.05, 3.63) is 34.6 Å². The van der Waals surface area contributed by atoms with Gasteiger partial charge in [0.05, 0.1) is 29.3 Å². The fraction of sp³-hybridized carbons (Fsp3) is 0.524. The minimum absolute atomic E-state index is 0.0252. The number of imide groups is 1. The van der Waals surface area contributed by atoms with Crippen LogP contribution in [0.5, 0.6) is 0 Å². The number of nitrogens with zero attached hydrogens (tertiary/aromatic N) is 2. The first kappa shape index (κ1) is 22.3. The maximum absolute atomic E-state index is 13.0. The van der Waals surface area contributed by atoms with Crippen LogP contribution in [0, 0.1) is 0 Å². The van der Waals surface area contributed by atoms with Crippen LogP contribution >= 0.6 is 11.8 Å². The van der Waals surface area contributed by atoms with Crippen molar-refractivity contribution < 1.29 is 14.3 Å². The number of carbonyl (C=O) groups excluding carboxylic acids is 2. The number of hydrogen-bond donors (Lipinski definition) is 2. The van der Waals surface area contributed by atoms with E-state index in [4.69, 9.17) is 4.74 Å². The number of urea groups is 1. The summed E-state index contributed by atoms with van der Waals surface area (Å²) in [7, 11) is 1.57. The first-order valence-corrected chi connectivity index (χ1v) is 11.2. The van der Waals surface area contributed by atoms with Crippen molar-refractivity contribution in [1.82, 2.24) is 20.2 Å². The molecule has 30 heavy (non-hydrogen) atoms. The fourth-order valence-electron chi connectivity index (χ4n) is 3.69. The second-order valence-corrected chi connectivity index (χ2v) is 8.48. The van der Waals surface area contributed by atoms with Gasteiger partial charge in [-0.2, -0.15) is 0 Å². The van der Waals surface area contributed by atoms with Crippen molar-refractivity contribution >= 4 is 34.6 Å². The van der Waals surface area contributed by atoms with E-state index in [0.29, 0.717) is 22.7 Å². The van der Waals surface area contributed by atoms with Crippen LogP contribution in [0.1, 0.15) is 45.1 Å². The summed E-state index contributed by atoms with van der Waals surface area (Å²) >= 11 is 1.13. The third kappa shape index (κ3) is 5.60. The summed E-state index contributed by atoms with van der Waals surface area (Å²) in [5, 5.41) is 6.17. The van der Waals surface area contributed by atoms with Gasteiger partial charge in [-0.3, -0.25) is 19.5 Å². The van der Waals surface area contributed by atoms with Crippen LogP contribution in [0.25, 0.3) is 10.9 Å². The minimum Gasteiger partial charge on any atom is -0.383 e. The molecule has 0 radical (unpaired) electrons. The van der Waals surface area contributed by atoms with E-state index in [2.05, 4.69) is 15.6 Å². The summed E-state index contributed by atoms with van der Waals surface area (Å²) < 4.78 is 6.75. The van der Waals surface area contributed by atoms with Crippen LogP contribution in [0.4, 0.5) is 4.79 Å². The lowest BCUT2D eigenvalue weighted by Gasteiger charge is -2.22. The molecule has 3 amide bonds. The standard InChI is InChI=1S/C21H28N4O4S/c1-14(12-29-2)25-19(27)16-10-6-7-11-17(16)23-21(25)30-13-18(26)24-20(28)22-15-8-4-3-5-9-15/h6-7,10-11,14-15H,3-5,8-9,12-13H2,1-2H3,(H2,22,24,26,28)/t14-/m0/s1. The Morgan fingerprint density at radius 2 is 2.00 bits per heavy atom. The number of aromatic nitrogens is 2. The lowest BCUT2D eigenvalue weighted by molar-refractivity contribution is -0.117. The molecule has 162 valence electrons. The zero-order chi connectivity index (χ0) is 21.5. The van der Waals surface area contributed by atoms with E-state index in [1.807, 2.05) is 13.0 Å². The molecule has 2 N–H and O–H groups in total. The number of carbonyl (C=O) groups is 2. The average molecular weight is 433 g/mol. The highest BCUT2D eigenvalue weighted by Crippen LogP contribution is 2.21. The summed E-state index contributed by atoms with van der Waals surface area (Å²) in [5.41, 5.74) is 0.393. The predicted molar refractivity (Wildman–Crippen MR) is 117 cm³/mol. The molecule has 0 unspecified atom stereocenters. The Morgan fingerprint density at radius 1 is 1.27 bits per heavy atom. The van der Waals surface area contributed by atoms with Crippen LogP contribution in [0.3, 0.4) is 0 Å². The topological polar surface area (TPSA) is 102 Å². The predicted octanol–water partition coefficient (Wildman–Crippen LogP) is 2.85. The highest BCUT2D eigenvalue weighted by atomic mass is 32.2. The van der Waals surface area contributed by atoms with Gasteiger partial charge in [-0.1, -0.05) is 43.2 Å². The molecule has 0 spiro atoms. The van der Waals surface area contributed by atoms with E-state index in [9.17, 15) is 14.4 Å². The molecule has 0 saturated heterocycles. The maximum Gasteiger partial charge on any atom is 0.321 e. The van der Waals surface area contributed by atoms with Gasteiger partial charge in [0, 0.05) is 13.2 Å². The van der Waals surface area contributed by atoms with Crippen molar-refractivity contribution in [2.24, 2.45) is 0 Å². The lowest BCUT2D eigenvalue weighted by Crippen LogP contribution is -2.45. The van der Waals surface area contributed by atoms with Crippen molar-refractivity contribution in [1.29, 1.82) is 0 Å². The monoisotopic (exact) mass is 432 g/mol. The number of para-hydroxylation sites is 1. The van der Waals surface area contributed by atoms with Gasteiger partial charge < -0.3 is 10.1 Å². The summed E-state index contributed by atoms with van der Waals surface area (Å²) in [6.07, 6.45) is 5.28. The first-order chi connectivity index (χ1) is 14.5. The van der Waals surface area contributed by atoms with Crippen molar-refractivity contribution in [3.63, 3.8) is 0 Å². The quantitative estimate of drug-likeness (QED) is 0.515. The average Bonchev–Trinajstić information content (AvgIpc) is 2.73. The normalized spacial score (nSPS) is 15.7. The Hall–Kier alpha value is -2.39. The molecule has 8 nitrogen and oxygen atoms in total. The molecular weight excluding hydrogens is 404 g/mol. The van der Waals surface area contributed by atoms with Gasteiger partial charge in [-0.05, 0) is 31.9 Å². The number of hydrogen-bond acceptors (Lipinski definition) is 6. The molecule has 1 atom stereocenters. The van der Waals surface area contributed by atoms with Crippen LogP contribution < -0.4 is 16.2 Å². The highest BCUT2D eigenvalue weighted by Gasteiger charge is 2.19. The Bertz CT molecular complexity index is 956. The summed E-state index contributed by atoms with van der Waals surface area (Å²) in [6, 6.07) is 6.52. The Morgan fingerprint density at radius 3 is 2.73 bits per heavy atom. The van der Waals surface area contributed by atoms with E-state index in [1.165, 1.54) is 6.42 Å². The third-order valence-electron chi connectivity index (χ3n) is 5.15. The van der Waals surface area contributed by atoms with Crippen molar-refractivity contribution in [2.45, 2.75) is 56.3 Å². The molecule has 9 heteroatoms. The smallest absolute Gasteiger partial charge is 0.321 e. The number of methoxy groups -OCH3 is 1. The van der Waals surface area contributed by atoms with Gasteiger partial charge in [0.15, 0.2) is 5.16 Å². The molecule has 2 aromatic rings. The molecule has 1 aromatic carbocycles. The zero-order valence-corrected chi connectivity index (χ0v) is 18.2. The highest BCUT2D eigenvalue weighted by molar-refractivity contribution is 7.99. The van der Waals surface area contributed by atoms with Gasteiger partial charge in [0.25, 0.3) is 5.56 Å². The van der Waals surface area contributed by atoms with Crippen molar-refractivity contribution in [2.75, 3.05) is 19.5 Å². The van der Waals surface area contributed by atoms with Crippen LogP contribution in [-0.2, 0) is 9.53 Å². The van der Waals surface area contributed by atoms with E-state index in [0.717, 1.165) is 37.4 Å². The number of ether oxygens (including phenoxy) is 1. The SMILES string of the molecule is COC[C@H](C)n1c(SCC(=O)NC(=O)NC2CCCCC2)nc2ccccc2c1=O. The molecule has 3 rings (SSSR count). The number of benzene rings is 1. The Kier molecular flexibility index (Phi) is 7.87. The lowest BCUT2D eigenvalue weighted by atomic mass is 9.96. The Labute approximate surface area is 179 Å². The van der Waals surface area contributed by atoms with Gasteiger partial charge in [-0.15, -0.1) is 0 Å². The molecule has 0 aliphatic heterocycles. The summed E-state index contributed by atoms with van der Waals surface area (Å²) in [6.45, 7) is 2.20. The summed E-state index contributed by atoms with van der Waals surface area (Å²) in [5.74, 6) is -0.454. The number of nitrogens with one attached hydrogen (secondary N) is 2. The largest absolute Gasteiger partial charge is 0.383 e. The second kappa shape index (κ2) is 10.6. The van der Waals surface area contributed by atoms with E-state index in [-0.39, 0.29) is 23.4 Å². The molecular formula is C21H28N4O4S. The van der Waals surface area contributed by atoms with Crippen molar-refractivity contribution in [3.8, 4) is 0 Å². The summed E-state index contributed by atoms with van der Waals surface area (Å²) in [4.78, 5) is 41.9. The van der Waals surface area contributed by atoms with Gasteiger partial charge in [0.1, 0.15) is 0 Å². The van der Waals surface area contributed by atoms with Gasteiger partial charge in [0.2, 0.25) is 5.91 Å². The molecule has 1 saturated carbocycles. The maximum atomic E-state index is 13.0. The zero-order valence-electron chi connectivity index (χ0n) is 17.3. The second-order valence-electron chi connectivity index (χ2n) is 7.54. The van der Waals surface area contributed by atoms with Crippen LogP contribution in [-0.4, -0.2) is 47.0 Å². The van der Waals surface area contributed by atoms with E-state index >= 15 is 0 Å². The van der Waals surface area contributed by atoms with Crippen LogP contribution in [0.2, 0.25) is 0 Å². The van der Waals surface area contributed by atoms with Gasteiger partial charge in [-0.25, -0.2) is 9.78 Å². The van der Waals surface area contributed by atoms with Gasteiger partial charge >= 0.3 is 6.03 Å². The number of rotatable bonds is 7. The first-order valence-electron chi connectivity index (χ1n) is 10.2. The number of fused-ring (bicyclic) bond motifs is 1. The number of thioether (sulfide) groups is 1. The van der Waals surface area contributed by atoms with E-state index in [1.54, 1.807) is 29.9 Å². The molecule has 1 heterocycles. The molecule has 1 aromatic heterocycles. The minimum atomic E-state index is -0.468.